The molecule has 4 rings (SSSR count). The molecule has 0 saturated heterocycles. The summed E-state index contributed by atoms with van der Waals surface area (Å²) in [5.41, 5.74) is 4.75. The number of alkyl carbamates (subject to hydrolysis) is 1. The van der Waals surface area contributed by atoms with Crippen LogP contribution in [0.2, 0.25) is 0 Å². The topological polar surface area (TPSA) is 67.0 Å². The second-order valence-corrected chi connectivity index (χ2v) is 6.41. The Balaban J connectivity index is 1.47. The van der Waals surface area contributed by atoms with Gasteiger partial charge in [-0.2, -0.15) is 0 Å². The first-order chi connectivity index (χ1) is 13.3. The monoisotopic (exact) mass is 357 g/mol. The smallest absolute Gasteiger partial charge is 0.407 e. The fraction of sp³-hybridized carbons (Fsp3) is 0.182. The molecule has 5 heteroatoms. The molecule has 2 aromatic carbocycles. The number of nitrogens with zero attached hydrogens (tertiary/aromatic N) is 1. The number of rotatable bonds is 5. The van der Waals surface area contributed by atoms with E-state index in [1.165, 1.54) is 22.3 Å². The van der Waals surface area contributed by atoms with Gasteiger partial charge in [0.2, 0.25) is 0 Å². The fourth-order valence-corrected chi connectivity index (χ4v) is 3.58. The van der Waals surface area contributed by atoms with Gasteiger partial charge in [0.25, 0.3) is 0 Å². The summed E-state index contributed by atoms with van der Waals surface area (Å²) in [7, 11) is 0. The number of imidazole rings is 1. The van der Waals surface area contributed by atoms with Gasteiger partial charge >= 0.3 is 6.09 Å². The van der Waals surface area contributed by atoms with Crippen LogP contribution in [-0.2, 0) is 4.74 Å². The van der Waals surface area contributed by atoms with E-state index >= 15 is 0 Å². The third kappa shape index (κ3) is 3.30. The summed E-state index contributed by atoms with van der Waals surface area (Å²) in [6, 6.07) is 16.1. The molecule has 0 fully saturated rings. The summed E-state index contributed by atoms with van der Waals surface area (Å²) in [4.78, 5) is 19.5. The van der Waals surface area contributed by atoms with Crippen LogP contribution in [0.1, 0.15) is 35.3 Å². The van der Waals surface area contributed by atoms with Gasteiger partial charge in [-0.3, -0.25) is 0 Å². The zero-order valence-electron chi connectivity index (χ0n) is 14.7. The van der Waals surface area contributed by atoms with Crippen LogP contribution in [0.3, 0.4) is 0 Å². The van der Waals surface area contributed by atoms with Crippen molar-refractivity contribution in [2.45, 2.75) is 18.4 Å². The van der Waals surface area contributed by atoms with Crippen molar-refractivity contribution in [2.24, 2.45) is 0 Å². The number of carbonyl (C=O) groups is 1. The lowest BCUT2D eigenvalue weighted by Crippen LogP contribution is -2.30. The number of H-pyrrole nitrogens is 1. The number of hydrogen-bond donors (Lipinski definition) is 2. The maximum atomic E-state index is 12.4. The van der Waals surface area contributed by atoms with E-state index in [0.717, 1.165) is 0 Å². The van der Waals surface area contributed by atoms with E-state index in [4.69, 9.17) is 11.2 Å². The number of benzene rings is 2. The van der Waals surface area contributed by atoms with Crippen LogP contribution < -0.4 is 5.32 Å². The molecule has 2 N–H and O–H groups in total. The summed E-state index contributed by atoms with van der Waals surface area (Å²) in [6.45, 7) is 0.265. The first-order valence-electron chi connectivity index (χ1n) is 8.82. The number of nitrogens with one attached hydrogen (secondary N) is 2. The molecule has 1 aliphatic carbocycles. The van der Waals surface area contributed by atoms with Crippen molar-refractivity contribution in [1.82, 2.24) is 15.3 Å². The quantitative estimate of drug-likeness (QED) is 0.678. The minimum atomic E-state index is -0.506. The number of carbonyl (C=O) groups excluding carboxylic acids is 1. The first kappa shape index (κ1) is 16.9. The van der Waals surface area contributed by atoms with E-state index < -0.39 is 12.1 Å². The number of terminal acetylenes is 1. The van der Waals surface area contributed by atoms with Crippen molar-refractivity contribution in [3.63, 3.8) is 0 Å². The molecule has 134 valence electrons. The Labute approximate surface area is 157 Å². The van der Waals surface area contributed by atoms with Crippen molar-refractivity contribution in [1.29, 1.82) is 0 Å². The SMILES string of the molecule is C#CCC(NC(=O)OCC1c2ccccc2-c2ccccc21)c1ncc[nH]1. The highest BCUT2D eigenvalue weighted by Gasteiger charge is 2.29. The molecular weight excluding hydrogens is 338 g/mol. The average Bonchev–Trinajstić information content (AvgIpc) is 3.33. The lowest BCUT2D eigenvalue weighted by molar-refractivity contribution is 0.138. The molecule has 1 unspecified atom stereocenters. The fourth-order valence-electron chi connectivity index (χ4n) is 3.58. The number of aromatic nitrogens is 2. The van der Waals surface area contributed by atoms with Gasteiger partial charge in [0.05, 0.1) is 0 Å². The number of aromatic amines is 1. The van der Waals surface area contributed by atoms with E-state index in [9.17, 15) is 4.79 Å². The zero-order chi connectivity index (χ0) is 18.6. The highest BCUT2D eigenvalue weighted by atomic mass is 16.5. The first-order valence-corrected chi connectivity index (χ1v) is 8.82. The second kappa shape index (κ2) is 7.38. The van der Waals surface area contributed by atoms with Gasteiger partial charge in [0, 0.05) is 24.7 Å². The zero-order valence-corrected chi connectivity index (χ0v) is 14.7. The number of ether oxygens (including phenoxy) is 1. The van der Waals surface area contributed by atoms with Crippen LogP contribution >= 0.6 is 0 Å². The van der Waals surface area contributed by atoms with Crippen LogP contribution in [0.4, 0.5) is 4.79 Å². The molecular formula is C22H19N3O2. The second-order valence-electron chi connectivity index (χ2n) is 6.41. The highest BCUT2D eigenvalue weighted by Crippen LogP contribution is 2.44. The van der Waals surface area contributed by atoms with E-state index in [1.807, 2.05) is 24.3 Å². The molecule has 5 nitrogen and oxygen atoms in total. The summed E-state index contributed by atoms with van der Waals surface area (Å²) < 4.78 is 5.55. The van der Waals surface area contributed by atoms with E-state index in [1.54, 1.807) is 12.4 Å². The molecule has 0 bridgehead atoms. The lowest BCUT2D eigenvalue weighted by atomic mass is 9.98. The van der Waals surface area contributed by atoms with E-state index in [2.05, 4.69) is 45.5 Å². The molecule has 1 amide bonds. The Morgan fingerprint density at radius 3 is 2.44 bits per heavy atom. The third-order valence-electron chi connectivity index (χ3n) is 4.81. The van der Waals surface area contributed by atoms with Crippen molar-refractivity contribution >= 4 is 6.09 Å². The van der Waals surface area contributed by atoms with Gasteiger partial charge in [-0.15, -0.1) is 12.3 Å². The minimum Gasteiger partial charge on any atom is -0.449 e. The lowest BCUT2D eigenvalue weighted by Gasteiger charge is -2.17. The summed E-state index contributed by atoms with van der Waals surface area (Å²) in [6.07, 6.45) is 8.55. The summed E-state index contributed by atoms with van der Waals surface area (Å²) in [5, 5.41) is 2.79. The average molecular weight is 357 g/mol. The Kier molecular flexibility index (Phi) is 4.63. The minimum absolute atomic E-state index is 0.0258. The molecule has 1 heterocycles. The maximum Gasteiger partial charge on any atom is 0.407 e. The molecule has 0 saturated carbocycles. The van der Waals surface area contributed by atoms with Crippen molar-refractivity contribution in [2.75, 3.05) is 6.61 Å². The normalized spacial score (nSPS) is 13.3. The van der Waals surface area contributed by atoms with Crippen LogP contribution in [0.15, 0.2) is 60.9 Å². The van der Waals surface area contributed by atoms with Crippen LogP contribution in [0.5, 0.6) is 0 Å². The molecule has 1 aliphatic rings. The number of fused-ring (bicyclic) bond motifs is 3. The van der Waals surface area contributed by atoms with Crippen LogP contribution in [0, 0.1) is 12.3 Å². The Hall–Kier alpha value is -3.52. The van der Waals surface area contributed by atoms with Crippen molar-refractivity contribution < 1.29 is 9.53 Å². The maximum absolute atomic E-state index is 12.4. The molecule has 1 atom stereocenters. The molecule has 0 aliphatic heterocycles. The number of hydrogen-bond acceptors (Lipinski definition) is 3. The van der Waals surface area contributed by atoms with Crippen molar-refractivity contribution in [3.05, 3.63) is 77.9 Å². The molecule has 27 heavy (non-hydrogen) atoms. The van der Waals surface area contributed by atoms with Crippen molar-refractivity contribution in [3.8, 4) is 23.5 Å². The van der Waals surface area contributed by atoms with Gasteiger partial charge in [0.1, 0.15) is 18.5 Å². The van der Waals surface area contributed by atoms with E-state index in [-0.39, 0.29) is 12.5 Å². The standard InChI is InChI=1S/C22H19N3O2/c1-2-7-20(21-23-12-13-24-21)25-22(26)27-14-19-17-10-5-3-8-15(17)16-9-4-6-11-18(16)19/h1,3-6,8-13,19-20H,7,14H2,(H,23,24)(H,25,26). The van der Waals surface area contributed by atoms with Gasteiger partial charge in [0.15, 0.2) is 0 Å². The van der Waals surface area contributed by atoms with Crippen LogP contribution in [0.25, 0.3) is 11.1 Å². The van der Waals surface area contributed by atoms with E-state index in [0.29, 0.717) is 12.2 Å². The highest BCUT2D eigenvalue weighted by molar-refractivity contribution is 5.79. The van der Waals surface area contributed by atoms with Crippen LogP contribution in [-0.4, -0.2) is 22.7 Å². The van der Waals surface area contributed by atoms with Gasteiger partial charge < -0.3 is 15.0 Å². The molecule has 1 aromatic heterocycles. The largest absolute Gasteiger partial charge is 0.449 e. The van der Waals surface area contributed by atoms with Gasteiger partial charge in [-0.1, -0.05) is 48.5 Å². The summed E-state index contributed by atoms with van der Waals surface area (Å²) >= 11 is 0. The molecule has 0 spiro atoms. The third-order valence-corrected chi connectivity index (χ3v) is 4.81. The Bertz CT molecular complexity index is 943. The predicted octanol–water partition coefficient (Wildman–Crippen LogP) is 4.01. The van der Waals surface area contributed by atoms with Gasteiger partial charge in [-0.25, -0.2) is 9.78 Å². The Morgan fingerprint density at radius 1 is 1.19 bits per heavy atom. The number of amides is 1. The summed E-state index contributed by atoms with van der Waals surface area (Å²) in [5.74, 6) is 3.19. The van der Waals surface area contributed by atoms with Gasteiger partial charge in [-0.05, 0) is 22.3 Å². The predicted molar refractivity (Wildman–Crippen MR) is 103 cm³/mol. The molecule has 3 aromatic rings. The molecule has 0 radical (unpaired) electrons. The Morgan fingerprint density at radius 2 is 1.85 bits per heavy atom.